The quantitative estimate of drug-likeness (QED) is 0.205. The maximum Gasteiger partial charge on any atom is 0.282 e. The molecule has 0 radical (unpaired) electrons. The number of benzene rings is 4. The fraction of sp³-hybridized carbons (Fsp3) is 0.0345. The highest BCUT2D eigenvalue weighted by Gasteiger charge is 2.22. The third-order valence-corrected chi connectivity index (χ3v) is 6.20. The molecule has 0 saturated carbocycles. The van der Waals surface area contributed by atoms with Crippen LogP contribution >= 0.6 is 0 Å². The largest absolute Gasteiger partial charge is 0.545 e. The first-order chi connectivity index (χ1) is 20.5. The fourth-order valence-corrected chi connectivity index (χ4v) is 4.22. The van der Waals surface area contributed by atoms with Gasteiger partial charge in [-0.25, -0.2) is 0 Å². The van der Waals surface area contributed by atoms with Crippen molar-refractivity contribution in [3.8, 4) is 0 Å². The van der Waals surface area contributed by atoms with Crippen molar-refractivity contribution in [3.05, 3.63) is 139 Å². The van der Waals surface area contributed by atoms with Crippen LogP contribution in [0, 0.1) is 20.2 Å². The monoisotopic (exact) mass is 582 g/mol. The van der Waals surface area contributed by atoms with Crippen molar-refractivity contribution in [2.24, 2.45) is 0 Å². The van der Waals surface area contributed by atoms with Gasteiger partial charge in [-0.3, -0.25) is 29.8 Å². The van der Waals surface area contributed by atoms with Crippen molar-refractivity contribution >= 4 is 46.5 Å². The highest BCUT2D eigenvalue weighted by atomic mass is 16.6. The minimum Gasteiger partial charge on any atom is -0.545 e. The van der Waals surface area contributed by atoms with E-state index in [4.69, 9.17) is 0 Å². The number of carboxylic acids is 2. The zero-order valence-electron chi connectivity index (χ0n) is 21.8. The van der Waals surface area contributed by atoms with Crippen molar-refractivity contribution in [1.29, 1.82) is 0 Å². The summed E-state index contributed by atoms with van der Waals surface area (Å²) in [5.41, 5.74) is -2.03. The minimum atomic E-state index is -1.65. The second-order valence-electron chi connectivity index (χ2n) is 8.97. The molecule has 0 heterocycles. The lowest BCUT2D eigenvalue weighted by Crippen LogP contribution is -2.25. The van der Waals surface area contributed by atoms with Gasteiger partial charge in [0, 0.05) is 23.3 Å². The van der Waals surface area contributed by atoms with E-state index in [1.54, 1.807) is 0 Å². The van der Waals surface area contributed by atoms with E-state index in [0.29, 0.717) is 11.1 Å². The summed E-state index contributed by atoms with van der Waals surface area (Å²) in [5.74, 6) is -5.13. The van der Waals surface area contributed by atoms with Crippen LogP contribution in [0.4, 0.5) is 22.7 Å². The van der Waals surface area contributed by atoms with Gasteiger partial charge in [-0.15, -0.1) is 0 Å². The van der Waals surface area contributed by atoms with Gasteiger partial charge in [0.05, 0.1) is 33.2 Å². The Hall–Kier alpha value is -6.44. The number of nitrogens with zero attached hydrogens (tertiary/aromatic N) is 2. The lowest BCUT2D eigenvalue weighted by molar-refractivity contribution is -0.385. The molecule has 0 aliphatic carbocycles. The van der Waals surface area contributed by atoms with Crippen LogP contribution in [0.5, 0.6) is 0 Å². The standard InChI is InChI=1S/C29H20N4O10/c34-26(18-5-1-3-7-24(18)32(40)41)30-22-11-9-16(14-20(22)28(36)37)13-17-10-12-23(21(15-17)29(38)39)31-27(35)19-6-2-4-8-25(19)33(42)43/h1-12,14-15H,13H2,(H,30,34)(H,31,35)(H,36,37)(H,38,39)/p-2. The van der Waals surface area contributed by atoms with Gasteiger partial charge in [0.15, 0.2) is 0 Å². The van der Waals surface area contributed by atoms with Crippen LogP contribution in [0.25, 0.3) is 0 Å². The zero-order chi connectivity index (χ0) is 31.3. The Kier molecular flexibility index (Phi) is 8.51. The van der Waals surface area contributed by atoms with Crippen molar-refractivity contribution in [1.82, 2.24) is 0 Å². The number of aromatic carboxylic acids is 2. The average molecular weight is 582 g/mol. The molecule has 2 amide bonds. The zero-order valence-corrected chi connectivity index (χ0v) is 21.8. The molecule has 0 bridgehead atoms. The first-order valence-corrected chi connectivity index (χ1v) is 12.2. The number of hydrogen-bond acceptors (Lipinski definition) is 10. The smallest absolute Gasteiger partial charge is 0.282 e. The van der Waals surface area contributed by atoms with E-state index in [1.165, 1.54) is 72.8 Å². The van der Waals surface area contributed by atoms with E-state index in [0.717, 1.165) is 12.1 Å². The molecule has 0 fully saturated rings. The van der Waals surface area contributed by atoms with Crippen LogP contribution in [0.15, 0.2) is 84.9 Å². The molecule has 0 spiro atoms. The van der Waals surface area contributed by atoms with E-state index in [1.807, 2.05) is 0 Å². The Morgan fingerprint density at radius 1 is 0.558 bits per heavy atom. The number of amides is 2. The topological polar surface area (TPSA) is 225 Å². The molecule has 43 heavy (non-hydrogen) atoms. The number of carboxylic acid groups (broad SMARTS) is 2. The van der Waals surface area contributed by atoms with Gasteiger partial charge >= 0.3 is 0 Å². The van der Waals surface area contributed by atoms with Crippen LogP contribution in [0.1, 0.15) is 52.6 Å². The van der Waals surface area contributed by atoms with Crippen LogP contribution in [0.2, 0.25) is 0 Å². The molecular formula is C29H18N4O10-2. The molecule has 4 aromatic rings. The van der Waals surface area contributed by atoms with Gasteiger partial charge in [0.1, 0.15) is 11.1 Å². The van der Waals surface area contributed by atoms with Gasteiger partial charge in [-0.2, -0.15) is 0 Å². The predicted molar refractivity (Wildman–Crippen MR) is 146 cm³/mol. The molecule has 0 atom stereocenters. The van der Waals surface area contributed by atoms with Crippen molar-refractivity contribution in [2.75, 3.05) is 10.6 Å². The number of nitro groups is 2. The van der Waals surface area contributed by atoms with Crippen LogP contribution in [-0.2, 0) is 6.42 Å². The number of anilines is 2. The summed E-state index contributed by atoms with van der Waals surface area (Å²) in [6, 6.07) is 18.0. The van der Waals surface area contributed by atoms with Crippen molar-refractivity contribution in [2.45, 2.75) is 6.42 Å². The highest BCUT2D eigenvalue weighted by molar-refractivity contribution is 6.10. The minimum absolute atomic E-state index is 0.00265. The van der Waals surface area contributed by atoms with Gasteiger partial charge in [-0.05, 0) is 53.9 Å². The number of para-hydroxylation sites is 2. The van der Waals surface area contributed by atoms with Crippen LogP contribution < -0.4 is 20.8 Å². The van der Waals surface area contributed by atoms with Gasteiger partial charge in [0.25, 0.3) is 23.2 Å². The number of hydrogen-bond donors (Lipinski definition) is 2. The maximum atomic E-state index is 12.7. The maximum absolute atomic E-state index is 12.7. The van der Waals surface area contributed by atoms with Crippen molar-refractivity contribution in [3.63, 3.8) is 0 Å². The van der Waals surface area contributed by atoms with E-state index in [2.05, 4.69) is 10.6 Å². The number of nitrogens with one attached hydrogen (secondary N) is 2. The predicted octanol–water partition coefficient (Wildman–Crippen LogP) is 2.33. The fourth-order valence-electron chi connectivity index (χ4n) is 4.22. The summed E-state index contributed by atoms with van der Waals surface area (Å²) < 4.78 is 0. The summed E-state index contributed by atoms with van der Waals surface area (Å²) in [6.07, 6.45) is -0.00265. The lowest BCUT2D eigenvalue weighted by Gasteiger charge is -2.16. The molecule has 0 aliphatic heterocycles. The average Bonchev–Trinajstić information content (AvgIpc) is 2.98. The third kappa shape index (κ3) is 6.66. The van der Waals surface area contributed by atoms with E-state index in [-0.39, 0.29) is 28.9 Å². The summed E-state index contributed by atoms with van der Waals surface area (Å²) in [7, 11) is 0. The first-order valence-electron chi connectivity index (χ1n) is 12.2. The summed E-state index contributed by atoms with van der Waals surface area (Å²) in [4.78, 5) is 70.1. The van der Waals surface area contributed by atoms with Gasteiger partial charge in [0.2, 0.25) is 0 Å². The Bertz CT molecular complexity index is 1690. The van der Waals surface area contributed by atoms with E-state index < -0.39 is 56.1 Å². The number of carbonyl (C=O) groups excluding carboxylic acids is 4. The molecule has 2 N–H and O–H groups in total. The Labute approximate surface area is 241 Å². The molecule has 4 aromatic carbocycles. The third-order valence-electron chi connectivity index (χ3n) is 6.20. The van der Waals surface area contributed by atoms with E-state index >= 15 is 0 Å². The van der Waals surface area contributed by atoms with Crippen LogP contribution in [-0.4, -0.2) is 33.6 Å². The molecule has 14 heteroatoms. The second kappa shape index (κ2) is 12.4. The summed E-state index contributed by atoms with van der Waals surface area (Å²) in [6.45, 7) is 0. The van der Waals surface area contributed by atoms with Gasteiger partial charge < -0.3 is 30.4 Å². The highest BCUT2D eigenvalue weighted by Crippen LogP contribution is 2.26. The number of nitro benzene ring substituents is 2. The molecule has 216 valence electrons. The molecule has 0 saturated heterocycles. The van der Waals surface area contributed by atoms with Crippen LogP contribution in [0.3, 0.4) is 0 Å². The molecule has 14 nitrogen and oxygen atoms in total. The Morgan fingerprint density at radius 3 is 1.28 bits per heavy atom. The molecule has 0 aliphatic rings. The van der Waals surface area contributed by atoms with Crippen molar-refractivity contribution < 1.29 is 39.2 Å². The molecule has 0 aromatic heterocycles. The summed E-state index contributed by atoms with van der Waals surface area (Å²) in [5, 5.41) is 50.9. The second-order valence-corrected chi connectivity index (χ2v) is 8.97. The molecule has 0 unspecified atom stereocenters. The Morgan fingerprint density at radius 2 is 0.930 bits per heavy atom. The Balaban J connectivity index is 1.58. The summed E-state index contributed by atoms with van der Waals surface area (Å²) >= 11 is 0. The first kappa shape index (κ1) is 29.5. The molecule has 4 rings (SSSR count). The lowest BCUT2D eigenvalue weighted by atomic mass is 9.99. The normalized spacial score (nSPS) is 10.4. The van der Waals surface area contributed by atoms with Gasteiger partial charge in [-0.1, -0.05) is 36.4 Å². The van der Waals surface area contributed by atoms with E-state index in [9.17, 15) is 49.6 Å². The molecular weight excluding hydrogens is 564 g/mol. The number of rotatable bonds is 10. The SMILES string of the molecule is O=C([O-])c1cc(Cc2ccc(NC(=O)c3ccccc3[N+](=O)[O-])c(C(=O)[O-])c2)ccc1NC(=O)c1ccccc1[N+](=O)[O-]. The number of carbonyl (C=O) groups is 4.